The lowest BCUT2D eigenvalue weighted by molar-refractivity contribution is -0.117. The Balaban J connectivity index is 2.03. The van der Waals surface area contributed by atoms with Crippen LogP contribution < -0.4 is 5.32 Å². The number of aliphatic hydroxyl groups is 1. The van der Waals surface area contributed by atoms with Crippen molar-refractivity contribution < 1.29 is 9.90 Å². The molecule has 2 aromatic heterocycles. The summed E-state index contributed by atoms with van der Waals surface area (Å²) < 4.78 is 1.31. The van der Waals surface area contributed by atoms with Crippen LogP contribution in [0.2, 0.25) is 10.0 Å². The van der Waals surface area contributed by atoms with E-state index in [-0.39, 0.29) is 23.3 Å². The Hall–Kier alpha value is -1.70. The molecule has 9 heteroatoms. The molecule has 0 aliphatic carbocycles. The normalized spacial score (nSPS) is 11.5. The van der Waals surface area contributed by atoms with Crippen LogP contribution in [0.15, 0.2) is 18.5 Å². The number of nitrogens with zero attached hydrogens (tertiary/aromatic N) is 4. The van der Waals surface area contributed by atoms with Crippen LogP contribution in [0.25, 0.3) is 0 Å². The summed E-state index contributed by atoms with van der Waals surface area (Å²) in [6.07, 6.45) is 2.88. The average Bonchev–Trinajstić information content (AvgIpc) is 2.81. The van der Waals surface area contributed by atoms with E-state index < -0.39 is 5.60 Å². The zero-order valence-electron chi connectivity index (χ0n) is 11.3. The Morgan fingerprint density at radius 3 is 2.76 bits per heavy atom. The first-order valence-electron chi connectivity index (χ1n) is 5.99. The Morgan fingerprint density at radius 2 is 2.19 bits per heavy atom. The molecule has 0 radical (unpaired) electrons. The van der Waals surface area contributed by atoms with Crippen LogP contribution in [0.4, 0.5) is 5.82 Å². The fourth-order valence-corrected chi connectivity index (χ4v) is 1.91. The lowest BCUT2D eigenvalue weighted by Gasteiger charge is -2.11. The van der Waals surface area contributed by atoms with Crippen molar-refractivity contribution in [3.63, 3.8) is 0 Å². The Bertz CT molecular complexity index is 666. The fourth-order valence-electron chi connectivity index (χ4n) is 1.48. The molecule has 0 aliphatic rings. The lowest BCUT2D eigenvalue weighted by atomic mass is 10.1. The topological polar surface area (TPSA) is 92.9 Å². The van der Waals surface area contributed by atoms with Gasteiger partial charge in [-0.2, -0.15) is 0 Å². The van der Waals surface area contributed by atoms with E-state index in [1.807, 2.05) is 0 Å². The van der Waals surface area contributed by atoms with Crippen molar-refractivity contribution in [1.82, 2.24) is 20.0 Å². The minimum Gasteiger partial charge on any atom is -0.384 e. The van der Waals surface area contributed by atoms with Crippen molar-refractivity contribution in [1.29, 1.82) is 0 Å². The number of halogens is 2. The van der Waals surface area contributed by atoms with E-state index in [0.29, 0.717) is 10.7 Å². The molecule has 0 atom stereocenters. The van der Waals surface area contributed by atoms with Crippen molar-refractivity contribution in [2.75, 3.05) is 5.32 Å². The van der Waals surface area contributed by atoms with Gasteiger partial charge in [0.2, 0.25) is 5.91 Å². The van der Waals surface area contributed by atoms with Gasteiger partial charge < -0.3 is 10.4 Å². The van der Waals surface area contributed by atoms with Crippen molar-refractivity contribution in [3.05, 3.63) is 34.2 Å². The fraction of sp³-hybridized carbons (Fsp3) is 0.333. The molecule has 0 saturated carbocycles. The minimum atomic E-state index is -1.12. The van der Waals surface area contributed by atoms with Gasteiger partial charge in [-0.15, -0.1) is 5.10 Å². The molecule has 2 rings (SSSR count). The van der Waals surface area contributed by atoms with Gasteiger partial charge in [-0.1, -0.05) is 28.4 Å². The first-order valence-corrected chi connectivity index (χ1v) is 6.75. The average molecular weight is 330 g/mol. The zero-order chi connectivity index (χ0) is 15.6. The van der Waals surface area contributed by atoms with Crippen LogP contribution in [0, 0.1) is 0 Å². The van der Waals surface area contributed by atoms with Crippen molar-refractivity contribution in [2.45, 2.75) is 26.0 Å². The zero-order valence-corrected chi connectivity index (χ0v) is 12.9. The van der Waals surface area contributed by atoms with Crippen LogP contribution in [0.1, 0.15) is 19.5 Å². The maximum Gasteiger partial charge on any atom is 0.247 e. The van der Waals surface area contributed by atoms with Crippen LogP contribution in [-0.2, 0) is 16.9 Å². The molecule has 0 aliphatic heterocycles. The molecule has 0 saturated heterocycles. The molecule has 1 amide bonds. The number of hydrogen-bond donors (Lipinski definition) is 2. The van der Waals surface area contributed by atoms with E-state index in [2.05, 4.69) is 20.6 Å². The summed E-state index contributed by atoms with van der Waals surface area (Å²) in [5, 5.41) is 20.5. The number of aromatic nitrogens is 4. The maximum atomic E-state index is 11.9. The number of pyridine rings is 1. The molecule has 0 aromatic carbocycles. The molecule has 112 valence electrons. The van der Waals surface area contributed by atoms with Crippen LogP contribution in [0.3, 0.4) is 0 Å². The Labute approximate surface area is 130 Å². The van der Waals surface area contributed by atoms with Crippen molar-refractivity contribution in [2.24, 2.45) is 0 Å². The number of amides is 1. The van der Waals surface area contributed by atoms with E-state index in [1.54, 1.807) is 13.8 Å². The highest BCUT2D eigenvalue weighted by Gasteiger charge is 2.20. The number of hydrogen-bond acceptors (Lipinski definition) is 5. The molecule has 2 N–H and O–H groups in total. The van der Waals surface area contributed by atoms with Crippen LogP contribution in [0.5, 0.6) is 0 Å². The Kier molecular flexibility index (Phi) is 4.46. The Morgan fingerprint density at radius 1 is 1.48 bits per heavy atom. The largest absolute Gasteiger partial charge is 0.384 e. The van der Waals surface area contributed by atoms with E-state index >= 15 is 0 Å². The lowest BCUT2D eigenvalue weighted by Crippen LogP contribution is -2.20. The SMILES string of the molecule is CC(C)(O)c1cn(CC(=O)Nc2ncc(Cl)cc2Cl)nn1. The summed E-state index contributed by atoms with van der Waals surface area (Å²) in [5.74, 6) is -0.159. The number of anilines is 1. The maximum absolute atomic E-state index is 11.9. The van der Waals surface area contributed by atoms with Gasteiger partial charge >= 0.3 is 0 Å². The standard InChI is InChI=1S/C12H13Cl2N5O2/c1-12(2,21)9-5-19(18-17-9)6-10(20)16-11-8(14)3-7(13)4-15-11/h3-5,21H,6H2,1-2H3,(H,15,16,20). The summed E-state index contributed by atoms with van der Waals surface area (Å²) in [4.78, 5) is 15.8. The van der Waals surface area contributed by atoms with Gasteiger partial charge in [-0.05, 0) is 19.9 Å². The highest BCUT2D eigenvalue weighted by Crippen LogP contribution is 2.22. The summed E-state index contributed by atoms with van der Waals surface area (Å²) in [6.45, 7) is 3.08. The van der Waals surface area contributed by atoms with E-state index in [4.69, 9.17) is 23.2 Å². The molecule has 2 aromatic rings. The summed E-state index contributed by atoms with van der Waals surface area (Å²) in [5.41, 5.74) is -0.742. The third-order valence-electron chi connectivity index (χ3n) is 2.54. The van der Waals surface area contributed by atoms with Crippen LogP contribution in [-0.4, -0.2) is 31.0 Å². The molecule has 21 heavy (non-hydrogen) atoms. The van der Waals surface area contributed by atoms with Crippen molar-refractivity contribution in [3.8, 4) is 0 Å². The molecule has 2 heterocycles. The second-order valence-corrected chi connectivity index (χ2v) is 5.74. The highest BCUT2D eigenvalue weighted by atomic mass is 35.5. The van der Waals surface area contributed by atoms with Crippen molar-refractivity contribution >= 4 is 34.9 Å². The molecule has 0 unspecified atom stereocenters. The smallest absolute Gasteiger partial charge is 0.247 e. The van der Waals surface area contributed by atoms with Gasteiger partial charge in [0, 0.05) is 6.20 Å². The van der Waals surface area contributed by atoms with E-state index in [9.17, 15) is 9.90 Å². The third-order valence-corrected chi connectivity index (χ3v) is 3.03. The molecule has 0 spiro atoms. The second-order valence-electron chi connectivity index (χ2n) is 4.89. The first-order chi connectivity index (χ1) is 9.75. The van der Waals surface area contributed by atoms with Gasteiger partial charge in [0.05, 0.1) is 16.2 Å². The number of rotatable bonds is 4. The number of carbonyl (C=O) groups is 1. The molecular formula is C12H13Cl2N5O2. The van der Waals surface area contributed by atoms with E-state index in [1.165, 1.54) is 23.1 Å². The predicted octanol–water partition coefficient (Wildman–Crippen LogP) is 1.85. The monoisotopic (exact) mass is 329 g/mol. The second kappa shape index (κ2) is 5.97. The van der Waals surface area contributed by atoms with Gasteiger partial charge in [-0.25, -0.2) is 9.67 Å². The van der Waals surface area contributed by atoms with Crippen LogP contribution >= 0.6 is 23.2 Å². The van der Waals surface area contributed by atoms with Gasteiger partial charge in [0.1, 0.15) is 17.8 Å². The summed E-state index contributed by atoms with van der Waals surface area (Å²) in [7, 11) is 0. The quantitative estimate of drug-likeness (QED) is 0.892. The molecular weight excluding hydrogens is 317 g/mol. The highest BCUT2D eigenvalue weighted by molar-refractivity contribution is 6.36. The van der Waals surface area contributed by atoms with E-state index in [0.717, 1.165) is 0 Å². The first kappa shape index (κ1) is 15.7. The third kappa shape index (κ3) is 4.13. The predicted molar refractivity (Wildman–Crippen MR) is 78.2 cm³/mol. The van der Waals surface area contributed by atoms with Gasteiger partial charge in [0.15, 0.2) is 5.82 Å². The van der Waals surface area contributed by atoms with Gasteiger partial charge in [-0.3, -0.25) is 4.79 Å². The molecule has 0 bridgehead atoms. The molecule has 0 fully saturated rings. The summed E-state index contributed by atoms with van der Waals surface area (Å²) in [6, 6.07) is 1.48. The molecule has 7 nitrogen and oxygen atoms in total. The summed E-state index contributed by atoms with van der Waals surface area (Å²) >= 11 is 11.6. The number of carbonyl (C=O) groups excluding carboxylic acids is 1. The number of nitrogens with one attached hydrogen (secondary N) is 1. The van der Waals surface area contributed by atoms with Gasteiger partial charge in [0.25, 0.3) is 0 Å². The minimum absolute atomic E-state index is 0.0796.